The van der Waals surface area contributed by atoms with Gasteiger partial charge in [0.1, 0.15) is 0 Å². The fourth-order valence-corrected chi connectivity index (χ4v) is 1.45. The van der Waals surface area contributed by atoms with Crippen LogP contribution < -0.4 is 0 Å². The minimum atomic E-state index is -0.439. The molecular weight excluding hydrogens is 258 g/mol. The third-order valence-corrected chi connectivity index (χ3v) is 2.56. The lowest BCUT2D eigenvalue weighted by molar-refractivity contribution is -0.140. The van der Waals surface area contributed by atoms with Gasteiger partial charge in [-0.2, -0.15) is 5.26 Å². The molecule has 0 aliphatic heterocycles. The van der Waals surface area contributed by atoms with Gasteiger partial charge in [0.2, 0.25) is 0 Å². The summed E-state index contributed by atoms with van der Waals surface area (Å²) in [5, 5.41) is 8.92. The highest BCUT2D eigenvalue weighted by Crippen LogP contribution is 2.21. The number of esters is 1. The van der Waals surface area contributed by atoms with Gasteiger partial charge in [-0.15, -0.1) is 0 Å². The predicted molar refractivity (Wildman–Crippen MR) is 59.1 cm³/mol. The molecule has 0 heterocycles. The summed E-state index contributed by atoms with van der Waals surface area (Å²) in [6, 6.07) is 9.42. The molecule has 4 heteroatoms. The fraction of sp³-hybridized carbons (Fsp3) is 0.273. The molecule has 0 fully saturated rings. The van der Waals surface area contributed by atoms with Crippen LogP contribution in [0, 0.1) is 11.3 Å². The highest BCUT2D eigenvalue weighted by atomic mass is 79.9. The Morgan fingerprint density at radius 1 is 1.53 bits per heavy atom. The van der Waals surface area contributed by atoms with E-state index in [2.05, 4.69) is 26.7 Å². The van der Waals surface area contributed by atoms with E-state index in [4.69, 9.17) is 5.26 Å². The van der Waals surface area contributed by atoms with Gasteiger partial charge in [-0.05, 0) is 17.7 Å². The molecule has 3 nitrogen and oxygen atoms in total. The SMILES string of the molecule is COC(=O)C[C@H](C#N)c1ccc(Br)cc1. The van der Waals surface area contributed by atoms with E-state index in [0.29, 0.717) is 0 Å². The molecule has 78 valence electrons. The van der Waals surface area contributed by atoms with Crippen LogP contribution in [0.15, 0.2) is 28.7 Å². The van der Waals surface area contributed by atoms with Crippen molar-refractivity contribution in [2.75, 3.05) is 7.11 Å². The first-order valence-electron chi connectivity index (χ1n) is 4.39. The average Bonchev–Trinajstić information content (AvgIpc) is 2.27. The molecule has 0 radical (unpaired) electrons. The normalized spacial score (nSPS) is 11.5. The van der Waals surface area contributed by atoms with Gasteiger partial charge in [0.15, 0.2) is 0 Å². The van der Waals surface area contributed by atoms with Crippen molar-refractivity contribution in [2.24, 2.45) is 0 Å². The third kappa shape index (κ3) is 3.37. The molecule has 0 saturated carbocycles. The van der Waals surface area contributed by atoms with Gasteiger partial charge in [-0.1, -0.05) is 28.1 Å². The molecule has 0 saturated heterocycles. The zero-order valence-corrected chi connectivity index (χ0v) is 9.82. The third-order valence-electron chi connectivity index (χ3n) is 2.03. The van der Waals surface area contributed by atoms with Crippen LogP contribution in [0.2, 0.25) is 0 Å². The Labute approximate surface area is 96.8 Å². The number of hydrogen-bond acceptors (Lipinski definition) is 3. The smallest absolute Gasteiger partial charge is 0.307 e. The molecule has 0 amide bonds. The summed E-state index contributed by atoms with van der Waals surface area (Å²) in [5.41, 5.74) is 0.825. The van der Waals surface area contributed by atoms with Crippen LogP contribution in [0.3, 0.4) is 0 Å². The molecule has 0 aromatic heterocycles. The lowest BCUT2D eigenvalue weighted by Crippen LogP contribution is -2.07. The van der Waals surface area contributed by atoms with Gasteiger partial charge >= 0.3 is 5.97 Å². The minimum Gasteiger partial charge on any atom is -0.469 e. The molecule has 0 unspecified atom stereocenters. The summed E-state index contributed by atoms with van der Waals surface area (Å²) in [4.78, 5) is 11.0. The van der Waals surface area contributed by atoms with Crippen LogP contribution in [0.25, 0.3) is 0 Å². The van der Waals surface area contributed by atoms with E-state index in [-0.39, 0.29) is 12.4 Å². The van der Waals surface area contributed by atoms with Gasteiger partial charge in [-0.25, -0.2) is 0 Å². The molecular formula is C11H10BrNO2. The maximum Gasteiger partial charge on any atom is 0.307 e. The van der Waals surface area contributed by atoms with E-state index >= 15 is 0 Å². The number of halogens is 1. The van der Waals surface area contributed by atoms with Crippen molar-refractivity contribution >= 4 is 21.9 Å². The number of nitriles is 1. The van der Waals surface area contributed by atoms with E-state index in [9.17, 15) is 4.79 Å². The molecule has 0 bridgehead atoms. The zero-order chi connectivity index (χ0) is 11.3. The van der Waals surface area contributed by atoms with Crippen molar-refractivity contribution in [3.63, 3.8) is 0 Å². The van der Waals surface area contributed by atoms with Crippen LogP contribution in [0.5, 0.6) is 0 Å². The maximum absolute atomic E-state index is 11.0. The first kappa shape index (κ1) is 11.7. The van der Waals surface area contributed by atoms with E-state index in [1.165, 1.54) is 7.11 Å². The number of carbonyl (C=O) groups excluding carboxylic acids is 1. The van der Waals surface area contributed by atoms with Crippen molar-refractivity contribution in [2.45, 2.75) is 12.3 Å². The molecule has 0 N–H and O–H groups in total. The van der Waals surface area contributed by atoms with Crippen LogP contribution in [-0.2, 0) is 9.53 Å². The minimum absolute atomic E-state index is 0.0919. The molecule has 0 spiro atoms. The Kier molecular flexibility index (Phi) is 4.32. The van der Waals surface area contributed by atoms with E-state index in [1.807, 2.05) is 24.3 Å². The van der Waals surface area contributed by atoms with Crippen LogP contribution in [0.1, 0.15) is 17.9 Å². The highest BCUT2D eigenvalue weighted by Gasteiger charge is 2.15. The molecule has 15 heavy (non-hydrogen) atoms. The Bertz CT molecular complexity index is 381. The summed E-state index contributed by atoms with van der Waals surface area (Å²) in [5.74, 6) is -0.810. The lowest BCUT2D eigenvalue weighted by atomic mass is 9.97. The summed E-state index contributed by atoms with van der Waals surface area (Å²) in [6.45, 7) is 0. The van der Waals surface area contributed by atoms with Gasteiger partial charge in [0, 0.05) is 4.47 Å². The molecule has 1 rings (SSSR count). The molecule has 1 atom stereocenters. The quantitative estimate of drug-likeness (QED) is 0.792. The Balaban J connectivity index is 2.80. The molecule has 0 aliphatic rings. The number of ether oxygens (including phenoxy) is 1. The van der Waals surface area contributed by atoms with Gasteiger partial charge in [0.05, 0.1) is 25.5 Å². The van der Waals surface area contributed by atoms with Crippen molar-refractivity contribution in [3.05, 3.63) is 34.3 Å². The lowest BCUT2D eigenvalue weighted by Gasteiger charge is -2.07. The van der Waals surface area contributed by atoms with Crippen LogP contribution >= 0.6 is 15.9 Å². The average molecular weight is 268 g/mol. The number of methoxy groups -OCH3 is 1. The highest BCUT2D eigenvalue weighted by molar-refractivity contribution is 9.10. The van der Waals surface area contributed by atoms with Crippen molar-refractivity contribution in [1.29, 1.82) is 5.26 Å². The second-order valence-corrected chi connectivity index (χ2v) is 3.93. The molecule has 1 aromatic rings. The zero-order valence-electron chi connectivity index (χ0n) is 8.24. The molecule has 1 aromatic carbocycles. The van der Waals surface area contributed by atoms with Gasteiger partial charge < -0.3 is 4.74 Å². The fourth-order valence-electron chi connectivity index (χ4n) is 1.18. The second kappa shape index (κ2) is 5.52. The predicted octanol–water partition coefficient (Wildman–Crippen LogP) is 2.62. The van der Waals surface area contributed by atoms with Crippen molar-refractivity contribution in [1.82, 2.24) is 0 Å². The summed E-state index contributed by atoms with van der Waals surface area (Å²) < 4.78 is 5.47. The number of carbonyl (C=O) groups is 1. The first-order chi connectivity index (χ1) is 7.17. The van der Waals surface area contributed by atoms with Crippen molar-refractivity contribution in [3.8, 4) is 6.07 Å². The maximum atomic E-state index is 11.0. The second-order valence-electron chi connectivity index (χ2n) is 3.01. The van der Waals surface area contributed by atoms with E-state index in [1.54, 1.807) is 0 Å². The largest absolute Gasteiger partial charge is 0.469 e. The summed E-state index contributed by atoms with van der Waals surface area (Å²) >= 11 is 3.31. The topological polar surface area (TPSA) is 50.1 Å². The van der Waals surface area contributed by atoms with Crippen LogP contribution in [-0.4, -0.2) is 13.1 Å². The van der Waals surface area contributed by atoms with E-state index in [0.717, 1.165) is 10.0 Å². The number of benzene rings is 1. The number of nitrogens with zero attached hydrogens (tertiary/aromatic N) is 1. The standard InChI is InChI=1S/C11H10BrNO2/c1-15-11(14)6-9(7-13)8-2-4-10(12)5-3-8/h2-5,9H,6H2,1H3/t9-/m1/s1. The molecule has 0 aliphatic carbocycles. The van der Waals surface area contributed by atoms with Crippen molar-refractivity contribution < 1.29 is 9.53 Å². The number of hydrogen-bond donors (Lipinski definition) is 0. The van der Waals surface area contributed by atoms with Crippen LogP contribution in [0.4, 0.5) is 0 Å². The monoisotopic (exact) mass is 267 g/mol. The number of rotatable bonds is 3. The Hall–Kier alpha value is -1.34. The Morgan fingerprint density at radius 2 is 2.13 bits per heavy atom. The summed E-state index contributed by atoms with van der Waals surface area (Å²) in [6.07, 6.45) is 0.0919. The Morgan fingerprint density at radius 3 is 2.60 bits per heavy atom. The van der Waals surface area contributed by atoms with E-state index < -0.39 is 5.92 Å². The van der Waals surface area contributed by atoms with Gasteiger partial charge in [-0.3, -0.25) is 4.79 Å². The first-order valence-corrected chi connectivity index (χ1v) is 5.18. The summed E-state index contributed by atoms with van der Waals surface area (Å²) in [7, 11) is 1.32. The van der Waals surface area contributed by atoms with Gasteiger partial charge in [0.25, 0.3) is 0 Å².